The number of pyridine rings is 2. The second kappa shape index (κ2) is 10.4. The van der Waals surface area contributed by atoms with Gasteiger partial charge in [0.1, 0.15) is 18.0 Å². The summed E-state index contributed by atoms with van der Waals surface area (Å²) in [5.74, 6) is 1.37. The topological polar surface area (TPSA) is 68.5 Å². The molecule has 0 radical (unpaired) electrons. The molecule has 7 heteroatoms. The summed E-state index contributed by atoms with van der Waals surface area (Å²) in [6.07, 6.45) is 7.59. The van der Waals surface area contributed by atoms with Gasteiger partial charge in [0, 0.05) is 46.7 Å². The minimum absolute atomic E-state index is 0.164. The van der Waals surface area contributed by atoms with Gasteiger partial charge in [0.15, 0.2) is 0 Å². The first kappa shape index (κ1) is 22.7. The van der Waals surface area contributed by atoms with Gasteiger partial charge >= 0.3 is 0 Å². The summed E-state index contributed by atoms with van der Waals surface area (Å²) in [6.45, 7) is 2.39. The van der Waals surface area contributed by atoms with Crippen molar-refractivity contribution >= 4 is 29.0 Å². The molecule has 3 heterocycles. The third-order valence-electron chi connectivity index (χ3n) is 5.47. The van der Waals surface area contributed by atoms with Gasteiger partial charge in [-0.3, -0.25) is 9.78 Å². The minimum Gasteiger partial charge on any atom is -0.487 e. The highest BCUT2D eigenvalue weighted by atomic mass is 32.2. The SMILES string of the molecule is Cc1cccn2cc(COc3ccc(C(=O)Nc4ccc(SCc5cccnc5)cc4)cc3)nc12. The number of nitrogens with one attached hydrogen (secondary N) is 1. The lowest BCUT2D eigenvalue weighted by Gasteiger charge is -2.08. The molecule has 0 aliphatic carbocycles. The molecule has 0 atom stereocenters. The van der Waals surface area contributed by atoms with Crippen LogP contribution < -0.4 is 10.1 Å². The number of hydrogen-bond donors (Lipinski definition) is 1. The third kappa shape index (κ3) is 5.70. The number of hydrogen-bond acceptors (Lipinski definition) is 5. The van der Waals surface area contributed by atoms with Crippen molar-refractivity contribution < 1.29 is 9.53 Å². The van der Waals surface area contributed by atoms with Gasteiger partial charge in [-0.1, -0.05) is 12.1 Å². The lowest BCUT2D eigenvalue weighted by atomic mass is 10.2. The largest absolute Gasteiger partial charge is 0.487 e. The van der Waals surface area contributed by atoms with E-state index in [-0.39, 0.29) is 5.91 Å². The molecule has 0 aliphatic heterocycles. The Labute approximate surface area is 208 Å². The van der Waals surface area contributed by atoms with Gasteiger partial charge in [0.05, 0.1) is 5.69 Å². The molecule has 0 spiro atoms. The van der Waals surface area contributed by atoms with E-state index < -0.39 is 0 Å². The Morgan fingerprint density at radius 2 is 1.86 bits per heavy atom. The highest BCUT2D eigenvalue weighted by Gasteiger charge is 2.08. The van der Waals surface area contributed by atoms with Crippen molar-refractivity contribution in [1.29, 1.82) is 0 Å². The second-order valence-corrected chi connectivity index (χ2v) is 9.14. The molecule has 35 heavy (non-hydrogen) atoms. The maximum absolute atomic E-state index is 12.7. The summed E-state index contributed by atoms with van der Waals surface area (Å²) < 4.78 is 7.86. The number of amides is 1. The van der Waals surface area contributed by atoms with Gasteiger partial charge in [-0.2, -0.15) is 0 Å². The van der Waals surface area contributed by atoms with Crippen LogP contribution in [0.2, 0.25) is 0 Å². The number of ether oxygens (including phenoxy) is 1. The molecular formula is C28H24N4O2S. The highest BCUT2D eigenvalue weighted by molar-refractivity contribution is 7.98. The zero-order valence-corrected chi connectivity index (χ0v) is 20.0. The van der Waals surface area contributed by atoms with E-state index >= 15 is 0 Å². The fourth-order valence-corrected chi connectivity index (χ4v) is 4.45. The number of carbonyl (C=O) groups excluding carboxylic acids is 1. The van der Waals surface area contributed by atoms with Crippen LogP contribution in [0.15, 0.2) is 102 Å². The molecule has 0 saturated carbocycles. The Balaban J connectivity index is 1.14. The first-order valence-electron chi connectivity index (χ1n) is 11.2. The van der Waals surface area contributed by atoms with Crippen molar-refractivity contribution in [2.45, 2.75) is 24.2 Å². The van der Waals surface area contributed by atoms with Crippen LogP contribution >= 0.6 is 11.8 Å². The lowest BCUT2D eigenvalue weighted by molar-refractivity contribution is 0.102. The Morgan fingerprint density at radius 3 is 2.60 bits per heavy atom. The number of carbonyl (C=O) groups is 1. The van der Waals surface area contributed by atoms with Gasteiger partial charge in [-0.25, -0.2) is 4.98 Å². The van der Waals surface area contributed by atoms with Crippen LogP contribution in [-0.4, -0.2) is 20.3 Å². The normalized spacial score (nSPS) is 10.9. The van der Waals surface area contributed by atoms with E-state index in [0.29, 0.717) is 17.9 Å². The van der Waals surface area contributed by atoms with Gasteiger partial charge in [-0.05, 0) is 78.7 Å². The smallest absolute Gasteiger partial charge is 0.255 e. The van der Waals surface area contributed by atoms with Crippen molar-refractivity contribution in [2.24, 2.45) is 0 Å². The summed E-state index contributed by atoms with van der Waals surface area (Å²) in [6, 6.07) is 23.0. The molecule has 5 aromatic rings. The maximum Gasteiger partial charge on any atom is 0.255 e. The van der Waals surface area contributed by atoms with E-state index in [1.54, 1.807) is 42.2 Å². The van der Waals surface area contributed by atoms with Crippen LogP contribution in [0.4, 0.5) is 5.69 Å². The molecule has 0 fully saturated rings. The van der Waals surface area contributed by atoms with Gasteiger partial charge < -0.3 is 14.5 Å². The predicted octanol–water partition coefficient (Wildman–Crippen LogP) is 6.16. The van der Waals surface area contributed by atoms with Crippen LogP contribution in [0.5, 0.6) is 5.75 Å². The molecule has 0 aliphatic rings. The Bertz CT molecular complexity index is 1430. The van der Waals surface area contributed by atoms with Crippen LogP contribution in [0, 0.1) is 6.92 Å². The number of rotatable bonds is 8. The summed E-state index contributed by atoms with van der Waals surface area (Å²) in [7, 11) is 0. The molecule has 5 rings (SSSR count). The van der Waals surface area contributed by atoms with Crippen molar-refractivity contribution in [3.8, 4) is 5.75 Å². The number of aryl methyl sites for hydroxylation is 1. The van der Waals surface area contributed by atoms with Crippen LogP contribution in [0.25, 0.3) is 5.65 Å². The first-order valence-corrected chi connectivity index (χ1v) is 12.2. The van der Waals surface area contributed by atoms with Crippen LogP contribution in [0.3, 0.4) is 0 Å². The van der Waals surface area contributed by atoms with Crippen LogP contribution in [0.1, 0.15) is 27.2 Å². The van der Waals surface area contributed by atoms with Crippen molar-refractivity contribution in [3.05, 3.63) is 120 Å². The Hall–Kier alpha value is -4.10. The third-order valence-corrected chi connectivity index (χ3v) is 6.55. The summed E-state index contributed by atoms with van der Waals surface area (Å²) in [5, 5.41) is 2.94. The maximum atomic E-state index is 12.7. The van der Waals surface area contributed by atoms with Crippen molar-refractivity contribution in [3.63, 3.8) is 0 Å². The molecule has 1 amide bonds. The highest BCUT2D eigenvalue weighted by Crippen LogP contribution is 2.24. The fraction of sp³-hybridized carbons (Fsp3) is 0.107. The molecule has 174 valence electrons. The number of benzene rings is 2. The molecular weight excluding hydrogens is 456 g/mol. The average Bonchev–Trinajstić information content (AvgIpc) is 3.33. The number of imidazole rings is 1. The molecule has 1 N–H and O–H groups in total. The summed E-state index contributed by atoms with van der Waals surface area (Å²) >= 11 is 1.73. The van der Waals surface area contributed by atoms with E-state index in [1.807, 2.05) is 72.4 Å². The molecule has 6 nitrogen and oxygen atoms in total. The first-order chi connectivity index (χ1) is 17.1. The lowest BCUT2D eigenvalue weighted by Crippen LogP contribution is -2.11. The van der Waals surface area contributed by atoms with E-state index in [4.69, 9.17) is 4.74 Å². The number of thioether (sulfide) groups is 1. The number of fused-ring (bicyclic) bond motifs is 1. The Morgan fingerprint density at radius 1 is 1.03 bits per heavy atom. The van der Waals surface area contributed by atoms with Gasteiger partial charge in [-0.15, -0.1) is 11.8 Å². The monoisotopic (exact) mass is 480 g/mol. The zero-order valence-electron chi connectivity index (χ0n) is 19.2. The standard InChI is InChI=1S/C28H24N4O2S/c1-20-4-3-15-32-17-24(30-27(20)32)18-34-25-10-6-22(7-11-25)28(33)31-23-8-12-26(13-9-23)35-19-21-5-2-14-29-16-21/h2-17H,18-19H2,1H3,(H,31,33). The second-order valence-electron chi connectivity index (χ2n) is 8.10. The van der Waals surface area contributed by atoms with Gasteiger partial charge in [0.25, 0.3) is 5.91 Å². The minimum atomic E-state index is -0.164. The zero-order chi connectivity index (χ0) is 24.0. The van der Waals surface area contributed by atoms with Gasteiger partial charge in [0.2, 0.25) is 0 Å². The van der Waals surface area contributed by atoms with E-state index in [2.05, 4.69) is 21.4 Å². The average molecular weight is 481 g/mol. The molecule has 0 saturated heterocycles. The van der Waals surface area contributed by atoms with E-state index in [1.165, 1.54) is 5.56 Å². The molecule has 0 unspecified atom stereocenters. The molecule has 2 aromatic carbocycles. The van der Waals surface area contributed by atoms with Crippen molar-refractivity contribution in [2.75, 3.05) is 5.32 Å². The molecule has 0 bridgehead atoms. The summed E-state index contributed by atoms with van der Waals surface area (Å²) in [5.41, 5.74) is 5.39. The van der Waals surface area contributed by atoms with Crippen molar-refractivity contribution in [1.82, 2.24) is 14.4 Å². The van der Waals surface area contributed by atoms with E-state index in [9.17, 15) is 4.79 Å². The Kier molecular flexibility index (Phi) is 6.77. The summed E-state index contributed by atoms with van der Waals surface area (Å²) in [4.78, 5) is 22.6. The number of nitrogens with zero attached hydrogens (tertiary/aromatic N) is 3. The fourth-order valence-electron chi connectivity index (χ4n) is 3.62. The quantitative estimate of drug-likeness (QED) is 0.269. The van der Waals surface area contributed by atoms with Crippen LogP contribution in [-0.2, 0) is 12.4 Å². The predicted molar refractivity (Wildman–Crippen MR) is 139 cm³/mol. The number of anilines is 1. The number of aromatic nitrogens is 3. The van der Waals surface area contributed by atoms with E-state index in [0.717, 1.165) is 33.2 Å². The molecule has 3 aromatic heterocycles.